The first-order chi connectivity index (χ1) is 14.2. The van der Waals surface area contributed by atoms with Gasteiger partial charge in [-0.15, -0.1) is 0 Å². The molecule has 1 aromatic carbocycles. The smallest absolute Gasteiger partial charge is 0.410 e. The Bertz CT molecular complexity index is 924. The van der Waals surface area contributed by atoms with Gasteiger partial charge in [-0.05, 0) is 49.8 Å². The van der Waals surface area contributed by atoms with Gasteiger partial charge < -0.3 is 9.64 Å². The predicted octanol–water partition coefficient (Wildman–Crippen LogP) is 4.11. The maximum Gasteiger partial charge on any atom is 0.410 e. The molecule has 2 saturated heterocycles. The number of nitrogens with zero attached hydrogens (tertiary/aromatic N) is 3. The number of hydrogen-bond acceptors (Lipinski definition) is 5. The first-order valence-corrected chi connectivity index (χ1v) is 10.1. The summed E-state index contributed by atoms with van der Waals surface area (Å²) < 4.78 is 5.57. The number of carbonyl (C=O) groups excluding carboxylic acids is 2. The molecule has 2 atom stereocenters. The van der Waals surface area contributed by atoms with Crippen LogP contribution in [-0.2, 0) is 11.3 Å². The number of nitriles is 1. The van der Waals surface area contributed by atoms with E-state index >= 15 is 0 Å². The second-order valence-electron chi connectivity index (χ2n) is 7.73. The number of piperidine rings is 2. The zero-order valence-electron chi connectivity index (χ0n) is 16.2. The first kappa shape index (κ1) is 19.1. The van der Waals surface area contributed by atoms with Gasteiger partial charge in [-0.25, -0.2) is 9.78 Å². The minimum atomic E-state index is -0.298. The van der Waals surface area contributed by atoms with Crippen LogP contribution in [0.3, 0.4) is 0 Å². The number of amides is 1. The summed E-state index contributed by atoms with van der Waals surface area (Å²) in [6.07, 6.45) is 5.24. The van der Waals surface area contributed by atoms with E-state index in [-0.39, 0.29) is 42.2 Å². The quantitative estimate of drug-likeness (QED) is 0.735. The van der Waals surface area contributed by atoms with Crippen molar-refractivity contribution >= 4 is 11.9 Å². The molecule has 1 amide bonds. The van der Waals surface area contributed by atoms with Crippen LogP contribution in [0.4, 0.5) is 4.79 Å². The van der Waals surface area contributed by atoms with Gasteiger partial charge in [-0.1, -0.05) is 30.3 Å². The lowest BCUT2D eigenvalue weighted by atomic mass is 9.75. The van der Waals surface area contributed by atoms with E-state index in [1.54, 1.807) is 12.1 Å². The lowest BCUT2D eigenvalue weighted by Crippen LogP contribution is -2.55. The molecule has 0 saturated carbocycles. The van der Waals surface area contributed by atoms with Crippen molar-refractivity contribution in [1.29, 1.82) is 5.26 Å². The van der Waals surface area contributed by atoms with Crippen LogP contribution in [0.1, 0.15) is 53.7 Å². The number of benzene rings is 1. The van der Waals surface area contributed by atoms with Crippen LogP contribution in [0.5, 0.6) is 0 Å². The molecule has 2 unspecified atom stereocenters. The predicted molar refractivity (Wildman–Crippen MR) is 106 cm³/mol. The van der Waals surface area contributed by atoms with E-state index in [1.807, 2.05) is 41.3 Å². The second kappa shape index (κ2) is 8.44. The Labute approximate surface area is 170 Å². The van der Waals surface area contributed by atoms with Gasteiger partial charge in [-0.2, -0.15) is 5.26 Å². The van der Waals surface area contributed by atoms with Crippen molar-refractivity contribution in [3.63, 3.8) is 0 Å². The fraction of sp³-hybridized carbons (Fsp3) is 0.391. The summed E-state index contributed by atoms with van der Waals surface area (Å²) in [5.41, 5.74) is 1.52. The summed E-state index contributed by atoms with van der Waals surface area (Å²) in [5.74, 6) is -0.233. The maximum atomic E-state index is 13.1. The third kappa shape index (κ3) is 4.00. The molecular weight excluding hydrogens is 366 g/mol. The third-order valence-electron chi connectivity index (χ3n) is 5.94. The number of ether oxygens (including phenoxy) is 1. The highest BCUT2D eigenvalue weighted by atomic mass is 16.6. The molecule has 0 spiro atoms. The maximum absolute atomic E-state index is 13.1. The summed E-state index contributed by atoms with van der Waals surface area (Å²) in [6, 6.07) is 15.0. The summed E-state index contributed by atoms with van der Waals surface area (Å²) >= 11 is 0. The number of fused-ring (bicyclic) bond motifs is 2. The Morgan fingerprint density at radius 3 is 2.52 bits per heavy atom. The summed E-state index contributed by atoms with van der Waals surface area (Å²) in [5, 5.41) is 9.26. The molecule has 0 N–H and O–H groups in total. The molecule has 0 aliphatic carbocycles. The molecule has 2 bridgehead atoms. The van der Waals surface area contributed by atoms with Gasteiger partial charge in [0.1, 0.15) is 12.7 Å². The molecule has 2 aliphatic heterocycles. The topological polar surface area (TPSA) is 83.3 Å². The molecule has 148 valence electrons. The van der Waals surface area contributed by atoms with Gasteiger partial charge in [0.15, 0.2) is 11.5 Å². The zero-order chi connectivity index (χ0) is 20.2. The molecule has 29 heavy (non-hydrogen) atoms. The van der Waals surface area contributed by atoms with Crippen LogP contribution < -0.4 is 0 Å². The summed E-state index contributed by atoms with van der Waals surface area (Å²) in [7, 11) is 0. The molecule has 2 fully saturated rings. The molecule has 6 heteroatoms. The van der Waals surface area contributed by atoms with E-state index in [0.717, 1.165) is 24.8 Å². The molecule has 3 heterocycles. The number of pyridine rings is 1. The average Bonchev–Trinajstić information content (AvgIpc) is 2.76. The van der Waals surface area contributed by atoms with Crippen molar-refractivity contribution in [3.05, 3.63) is 65.5 Å². The molecule has 0 radical (unpaired) electrons. The van der Waals surface area contributed by atoms with Gasteiger partial charge in [-0.3, -0.25) is 4.79 Å². The molecule has 6 nitrogen and oxygen atoms in total. The number of hydrogen-bond donors (Lipinski definition) is 0. The van der Waals surface area contributed by atoms with Crippen molar-refractivity contribution in [2.75, 3.05) is 0 Å². The fourth-order valence-corrected chi connectivity index (χ4v) is 4.60. The van der Waals surface area contributed by atoms with Crippen molar-refractivity contribution in [1.82, 2.24) is 9.88 Å². The van der Waals surface area contributed by atoms with Gasteiger partial charge in [0, 0.05) is 24.2 Å². The Balaban J connectivity index is 1.45. The van der Waals surface area contributed by atoms with E-state index in [2.05, 4.69) is 4.98 Å². The molecule has 2 aliphatic rings. The monoisotopic (exact) mass is 389 g/mol. The Hall–Kier alpha value is -3.20. The molecular formula is C23H23N3O3. The number of ketones is 1. The highest BCUT2D eigenvalue weighted by Gasteiger charge is 2.44. The second-order valence-corrected chi connectivity index (χ2v) is 7.73. The lowest BCUT2D eigenvalue weighted by Gasteiger charge is -2.47. The van der Waals surface area contributed by atoms with Crippen molar-refractivity contribution in [2.24, 2.45) is 5.92 Å². The van der Waals surface area contributed by atoms with Gasteiger partial charge in [0.05, 0.1) is 5.56 Å². The lowest BCUT2D eigenvalue weighted by molar-refractivity contribution is 0.00471. The first-order valence-electron chi connectivity index (χ1n) is 10.1. The number of Topliss-reactive ketones (excluding diaryl/α,β-unsaturated/α-hetero) is 1. The zero-order valence-corrected chi connectivity index (χ0v) is 16.2. The molecule has 1 aromatic heterocycles. The summed E-state index contributed by atoms with van der Waals surface area (Å²) in [4.78, 5) is 31.7. The van der Waals surface area contributed by atoms with Crippen LogP contribution >= 0.6 is 0 Å². The van der Waals surface area contributed by atoms with E-state index in [4.69, 9.17) is 4.74 Å². The molecule has 4 rings (SSSR count). The average molecular weight is 389 g/mol. The van der Waals surface area contributed by atoms with E-state index in [0.29, 0.717) is 18.4 Å². The SMILES string of the molecule is N#Cc1ncccc1C(=O)C1CC2CCCC(C1)N2C(=O)OCc1ccccc1. The Morgan fingerprint density at radius 2 is 1.83 bits per heavy atom. The fourth-order valence-electron chi connectivity index (χ4n) is 4.60. The van der Waals surface area contributed by atoms with Crippen LogP contribution in [0.25, 0.3) is 0 Å². The van der Waals surface area contributed by atoms with Crippen LogP contribution in [0.15, 0.2) is 48.7 Å². The van der Waals surface area contributed by atoms with Gasteiger partial charge in [0.25, 0.3) is 0 Å². The highest BCUT2D eigenvalue weighted by Crippen LogP contribution is 2.39. The standard InChI is InChI=1S/C23H23N3O3/c24-14-21-20(10-5-11-25-21)22(27)17-12-18-8-4-9-19(13-17)26(18)23(28)29-15-16-6-2-1-3-7-16/h1-3,5-7,10-11,17-19H,4,8-9,12-13,15H2. The minimum Gasteiger partial charge on any atom is -0.445 e. The molecule has 2 aromatic rings. The third-order valence-corrected chi connectivity index (χ3v) is 5.94. The van der Waals surface area contributed by atoms with E-state index in [9.17, 15) is 14.9 Å². The largest absolute Gasteiger partial charge is 0.445 e. The summed E-state index contributed by atoms with van der Waals surface area (Å²) in [6.45, 7) is 0.249. The van der Waals surface area contributed by atoms with E-state index in [1.165, 1.54) is 6.20 Å². The van der Waals surface area contributed by atoms with Crippen molar-refractivity contribution in [2.45, 2.75) is 50.8 Å². The normalized spacial score (nSPS) is 23.1. The number of carbonyl (C=O) groups is 2. The Kier molecular flexibility index (Phi) is 5.57. The van der Waals surface area contributed by atoms with Crippen molar-refractivity contribution < 1.29 is 14.3 Å². The van der Waals surface area contributed by atoms with Gasteiger partial charge in [0.2, 0.25) is 0 Å². The number of rotatable bonds is 4. The number of aromatic nitrogens is 1. The van der Waals surface area contributed by atoms with Crippen LogP contribution in [0, 0.1) is 17.2 Å². The highest BCUT2D eigenvalue weighted by molar-refractivity contribution is 5.99. The van der Waals surface area contributed by atoms with Crippen molar-refractivity contribution in [3.8, 4) is 6.07 Å². The Morgan fingerprint density at radius 1 is 1.10 bits per heavy atom. The van der Waals surface area contributed by atoms with Gasteiger partial charge >= 0.3 is 6.09 Å². The van der Waals surface area contributed by atoms with Crippen LogP contribution in [0.2, 0.25) is 0 Å². The van der Waals surface area contributed by atoms with Crippen LogP contribution in [-0.4, -0.2) is 33.8 Å². The van der Waals surface area contributed by atoms with E-state index < -0.39 is 0 Å². The minimum absolute atomic E-state index is 0.00179.